The zero-order chi connectivity index (χ0) is 11.0. The van der Waals surface area contributed by atoms with E-state index in [0.29, 0.717) is 5.70 Å². The van der Waals surface area contributed by atoms with Crippen LogP contribution in [0.25, 0.3) is 0 Å². The molecule has 0 spiro atoms. The maximum Gasteiger partial charge on any atom is 0.255 e. The number of rotatable bonds is 1. The molecule has 1 fully saturated rings. The fourth-order valence-corrected chi connectivity index (χ4v) is 1.33. The highest BCUT2D eigenvalue weighted by Gasteiger charge is 2.30. The summed E-state index contributed by atoms with van der Waals surface area (Å²) in [6, 6.07) is 3.66. The van der Waals surface area contributed by atoms with Gasteiger partial charge in [0.25, 0.3) is 6.73 Å². The molecule has 1 aromatic carbocycles. The molecule has 1 aliphatic heterocycles. The summed E-state index contributed by atoms with van der Waals surface area (Å²) in [7, 11) is 0. The minimum absolute atomic E-state index is 0.202. The molecule has 2 nitrogen and oxygen atoms in total. The standard InChI is InChI=1S/C11H9F2NO/c1-7-8(2)15-6-14(7)11-9(12)4-3-5-10(11)13/h3-5,8H,1H2,2H3. The van der Waals surface area contributed by atoms with E-state index in [1.807, 2.05) is 0 Å². The van der Waals surface area contributed by atoms with Crippen LogP contribution in [0.1, 0.15) is 6.92 Å². The number of nitrogens with zero attached hydrogens (tertiary/aromatic N) is 1. The number of hydrogen-bond donors (Lipinski definition) is 0. The van der Waals surface area contributed by atoms with Gasteiger partial charge in [-0.05, 0) is 19.1 Å². The van der Waals surface area contributed by atoms with Gasteiger partial charge in [0.05, 0.1) is 6.10 Å². The molecule has 0 aliphatic carbocycles. The Morgan fingerprint density at radius 3 is 2.47 bits per heavy atom. The molecule has 0 bridgehead atoms. The summed E-state index contributed by atoms with van der Waals surface area (Å²) in [4.78, 5) is 1.16. The lowest BCUT2D eigenvalue weighted by Crippen LogP contribution is -2.17. The van der Waals surface area contributed by atoms with Gasteiger partial charge in [0.15, 0.2) is 0 Å². The van der Waals surface area contributed by atoms with Crippen molar-refractivity contribution in [3.63, 3.8) is 0 Å². The van der Waals surface area contributed by atoms with Gasteiger partial charge >= 0.3 is 0 Å². The molecular weight excluding hydrogens is 200 g/mol. The lowest BCUT2D eigenvalue weighted by atomic mass is 10.2. The molecule has 15 heavy (non-hydrogen) atoms. The Hall–Kier alpha value is -1.42. The Kier molecular flexibility index (Phi) is 2.44. The smallest absolute Gasteiger partial charge is 0.255 e. The van der Waals surface area contributed by atoms with Crippen molar-refractivity contribution in [2.24, 2.45) is 0 Å². The number of para-hydroxylation sites is 1. The predicted molar refractivity (Wildman–Crippen MR) is 51.8 cm³/mol. The quantitative estimate of drug-likeness (QED) is 0.705. The second-order valence-corrected chi connectivity index (χ2v) is 3.25. The van der Waals surface area contributed by atoms with E-state index in [2.05, 4.69) is 13.3 Å². The van der Waals surface area contributed by atoms with Gasteiger partial charge in [-0.15, -0.1) is 0 Å². The van der Waals surface area contributed by atoms with Crippen molar-refractivity contribution in [3.8, 4) is 0 Å². The Bertz CT molecular complexity index is 385. The van der Waals surface area contributed by atoms with Crippen LogP contribution in [0.2, 0.25) is 0 Å². The highest BCUT2D eigenvalue weighted by atomic mass is 19.1. The van der Waals surface area contributed by atoms with Gasteiger partial charge < -0.3 is 9.64 Å². The van der Waals surface area contributed by atoms with E-state index in [9.17, 15) is 8.78 Å². The molecule has 2 radical (unpaired) electrons. The number of anilines is 1. The normalized spacial score (nSPS) is 21.1. The molecule has 78 valence electrons. The van der Waals surface area contributed by atoms with Gasteiger partial charge in [-0.1, -0.05) is 12.6 Å². The average molecular weight is 209 g/mol. The Morgan fingerprint density at radius 2 is 2.00 bits per heavy atom. The molecule has 1 saturated heterocycles. The molecule has 2 rings (SSSR count). The second-order valence-electron chi connectivity index (χ2n) is 3.25. The van der Waals surface area contributed by atoms with Crippen molar-refractivity contribution >= 4 is 5.69 Å². The minimum atomic E-state index is -0.665. The van der Waals surface area contributed by atoms with Gasteiger partial charge in [-0.3, -0.25) is 0 Å². The van der Waals surface area contributed by atoms with Crippen LogP contribution in [0.3, 0.4) is 0 Å². The zero-order valence-electron chi connectivity index (χ0n) is 8.13. The summed E-state index contributed by atoms with van der Waals surface area (Å²) in [5, 5.41) is 0. The maximum atomic E-state index is 13.4. The molecule has 0 amide bonds. The van der Waals surface area contributed by atoms with Crippen LogP contribution in [-0.2, 0) is 4.74 Å². The first-order valence-electron chi connectivity index (χ1n) is 4.45. The minimum Gasteiger partial charge on any atom is -0.337 e. The third kappa shape index (κ3) is 1.61. The molecule has 1 atom stereocenters. The molecule has 1 heterocycles. The number of hydrogen-bond acceptors (Lipinski definition) is 2. The van der Waals surface area contributed by atoms with E-state index < -0.39 is 11.6 Å². The van der Waals surface area contributed by atoms with Gasteiger partial charge in [0.2, 0.25) is 0 Å². The summed E-state index contributed by atoms with van der Waals surface area (Å²) in [6.07, 6.45) is -0.316. The summed E-state index contributed by atoms with van der Waals surface area (Å²) >= 11 is 0. The Balaban J connectivity index is 2.42. The lowest BCUT2D eigenvalue weighted by Gasteiger charge is -2.17. The van der Waals surface area contributed by atoms with Crippen LogP contribution < -0.4 is 4.90 Å². The first-order chi connectivity index (χ1) is 7.11. The first kappa shape index (κ1) is 10.1. The van der Waals surface area contributed by atoms with Crippen LogP contribution in [0.5, 0.6) is 0 Å². The van der Waals surface area contributed by atoms with Crippen molar-refractivity contribution < 1.29 is 13.5 Å². The zero-order valence-corrected chi connectivity index (χ0v) is 8.13. The fourth-order valence-electron chi connectivity index (χ4n) is 1.33. The van der Waals surface area contributed by atoms with Crippen molar-refractivity contribution in [1.29, 1.82) is 0 Å². The largest absolute Gasteiger partial charge is 0.337 e. The number of ether oxygens (including phenoxy) is 1. The average Bonchev–Trinajstić information content (AvgIpc) is 2.49. The van der Waals surface area contributed by atoms with E-state index in [4.69, 9.17) is 4.74 Å². The second kappa shape index (κ2) is 3.62. The van der Waals surface area contributed by atoms with E-state index >= 15 is 0 Å². The molecule has 1 aromatic rings. The fraction of sp³-hybridized carbons (Fsp3) is 0.182. The third-order valence-corrected chi connectivity index (χ3v) is 2.24. The Morgan fingerprint density at radius 1 is 1.40 bits per heavy atom. The molecule has 0 N–H and O–H groups in total. The van der Waals surface area contributed by atoms with Crippen LogP contribution in [0.4, 0.5) is 14.5 Å². The van der Waals surface area contributed by atoms with Gasteiger partial charge in [-0.2, -0.15) is 0 Å². The lowest BCUT2D eigenvalue weighted by molar-refractivity contribution is 0.188. The molecule has 0 aromatic heterocycles. The molecule has 1 aliphatic rings. The van der Waals surface area contributed by atoms with Crippen molar-refractivity contribution in [3.05, 3.63) is 48.8 Å². The molecule has 4 heteroatoms. The third-order valence-electron chi connectivity index (χ3n) is 2.24. The summed E-state index contributed by atoms with van der Waals surface area (Å²) in [6.45, 7) is 7.82. The van der Waals surface area contributed by atoms with Crippen molar-refractivity contribution in [2.45, 2.75) is 13.0 Å². The Labute approximate surface area is 86.8 Å². The topological polar surface area (TPSA) is 12.5 Å². The van der Waals surface area contributed by atoms with E-state index in [-0.39, 0.29) is 11.8 Å². The van der Waals surface area contributed by atoms with Crippen LogP contribution >= 0.6 is 0 Å². The van der Waals surface area contributed by atoms with Gasteiger partial charge in [-0.25, -0.2) is 8.78 Å². The van der Waals surface area contributed by atoms with E-state index in [0.717, 1.165) is 4.90 Å². The number of halogens is 2. The summed E-state index contributed by atoms with van der Waals surface area (Å²) < 4.78 is 31.8. The van der Waals surface area contributed by atoms with Crippen LogP contribution in [-0.4, -0.2) is 6.10 Å². The van der Waals surface area contributed by atoms with E-state index in [1.54, 1.807) is 6.92 Å². The van der Waals surface area contributed by atoms with Crippen LogP contribution in [0, 0.1) is 18.4 Å². The van der Waals surface area contributed by atoms with Gasteiger partial charge in [0.1, 0.15) is 17.3 Å². The maximum absolute atomic E-state index is 13.4. The summed E-state index contributed by atoms with van der Waals surface area (Å²) in [5.74, 6) is -1.33. The highest BCUT2D eigenvalue weighted by Crippen LogP contribution is 2.33. The monoisotopic (exact) mass is 209 g/mol. The number of benzene rings is 1. The van der Waals surface area contributed by atoms with Crippen molar-refractivity contribution in [1.82, 2.24) is 0 Å². The highest BCUT2D eigenvalue weighted by molar-refractivity contribution is 5.57. The van der Waals surface area contributed by atoms with E-state index in [1.165, 1.54) is 18.2 Å². The predicted octanol–water partition coefficient (Wildman–Crippen LogP) is 2.70. The van der Waals surface area contributed by atoms with Gasteiger partial charge in [0, 0.05) is 5.70 Å². The first-order valence-corrected chi connectivity index (χ1v) is 4.45. The molecule has 0 saturated carbocycles. The molecule has 1 unspecified atom stereocenters. The molecular formula is C11H9F2NO. The van der Waals surface area contributed by atoms with Crippen LogP contribution in [0.15, 0.2) is 30.5 Å². The van der Waals surface area contributed by atoms with Crippen molar-refractivity contribution in [2.75, 3.05) is 4.90 Å². The summed E-state index contributed by atoms with van der Waals surface area (Å²) in [5.41, 5.74) is 0.255. The SMILES string of the molecule is C=C1C(C)O[C]N1c1c(F)cccc1F.